The Morgan fingerprint density at radius 2 is 1.30 bits per heavy atom. The summed E-state index contributed by atoms with van der Waals surface area (Å²) >= 11 is 6.23. The monoisotopic (exact) mass is 324 g/mol. The summed E-state index contributed by atoms with van der Waals surface area (Å²) in [7, 11) is 0. The molecule has 0 fully saturated rings. The third-order valence-corrected chi connectivity index (χ3v) is 3.52. The maximum atomic E-state index is 12.0. The maximum absolute atomic E-state index is 12.0. The first-order valence-corrected chi connectivity index (χ1v) is 7.40. The summed E-state index contributed by atoms with van der Waals surface area (Å²) in [5.74, 6) is 0.814. The van der Waals surface area contributed by atoms with Crippen LogP contribution in [0.5, 0.6) is 11.5 Å². The smallest absolute Gasteiger partial charge is 0.395 e. The number of ether oxygens (including phenoxy) is 2. The minimum absolute atomic E-state index is 0.390. The maximum Gasteiger partial charge on any atom is 0.519 e. The second-order valence-corrected chi connectivity index (χ2v) is 5.15. The number of carbonyl (C=O) groups excluding carboxylic acids is 1. The standard InChI is InChI=1S/C19H13ClO3/c20-17-12-6-4-10-15(17)16-11-5-7-13-18(16)23-19(21)22-14-8-2-1-3-9-14/h1-13H. The third-order valence-electron chi connectivity index (χ3n) is 3.19. The number of hydrogen-bond donors (Lipinski definition) is 0. The molecule has 0 saturated heterocycles. The van der Waals surface area contributed by atoms with Gasteiger partial charge < -0.3 is 9.47 Å². The fourth-order valence-electron chi connectivity index (χ4n) is 2.15. The van der Waals surface area contributed by atoms with Crippen molar-refractivity contribution in [3.63, 3.8) is 0 Å². The van der Waals surface area contributed by atoms with E-state index in [4.69, 9.17) is 21.1 Å². The van der Waals surface area contributed by atoms with Crippen molar-refractivity contribution in [2.75, 3.05) is 0 Å². The van der Waals surface area contributed by atoms with Gasteiger partial charge in [-0.3, -0.25) is 0 Å². The first kappa shape index (κ1) is 15.1. The highest BCUT2D eigenvalue weighted by atomic mass is 35.5. The molecule has 0 unspecified atom stereocenters. The van der Waals surface area contributed by atoms with E-state index in [9.17, 15) is 4.79 Å². The summed E-state index contributed by atoms with van der Waals surface area (Å²) in [6.45, 7) is 0. The van der Waals surface area contributed by atoms with Crippen LogP contribution in [0, 0.1) is 0 Å². The zero-order valence-corrected chi connectivity index (χ0v) is 12.9. The molecular formula is C19H13ClO3. The molecule has 4 heteroatoms. The van der Waals surface area contributed by atoms with Crippen LogP contribution >= 0.6 is 11.6 Å². The summed E-state index contributed by atoms with van der Waals surface area (Å²) < 4.78 is 10.5. The number of halogens is 1. The first-order valence-electron chi connectivity index (χ1n) is 7.02. The van der Waals surface area contributed by atoms with Crippen molar-refractivity contribution in [3.8, 4) is 22.6 Å². The van der Waals surface area contributed by atoms with Crippen LogP contribution in [0.4, 0.5) is 4.79 Å². The van der Waals surface area contributed by atoms with Crippen molar-refractivity contribution in [1.82, 2.24) is 0 Å². The zero-order chi connectivity index (χ0) is 16.1. The van der Waals surface area contributed by atoms with Crippen LogP contribution in [0.25, 0.3) is 11.1 Å². The van der Waals surface area contributed by atoms with Gasteiger partial charge in [-0.1, -0.05) is 66.2 Å². The Balaban J connectivity index is 1.84. The van der Waals surface area contributed by atoms with Crippen molar-refractivity contribution in [2.45, 2.75) is 0 Å². The number of carbonyl (C=O) groups is 1. The molecule has 114 valence electrons. The molecule has 0 amide bonds. The molecule has 0 radical (unpaired) electrons. The van der Waals surface area contributed by atoms with Crippen LogP contribution in [0.15, 0.2) is 78.9 Å². The van der Waals surface area contributed by atoms with E-state index in [0.717, 1.165) is 11.1 Å². The molecular weight excluding hydrogens is 312 g/mol. The highest BCUT2D eigenvalue weighted by molar-refractivity contribution is 6.33. The molecule has 3 nitrogen and oxygen atoms in total. The number of benzene rings is 3. The summed E-state index contributed by atoms with van der Waals surface area (Å²) in [6.07, 6.45) is -0.796. The number of hydrogen-bond acceptors (Lipinski definition) is 3. The van der Waals surface area contributed by atoms with Gasteiger partial charge in [-0.2, -0.15) is 0 Å². The second kappa shape index (κ2) is 6.99. The van der Waals surface area contributed by atoms with Crippen LogP contribution in [0.1, 0.15) is 0 Å². The molecule has 0 aliphatic heterocycles. The lowest BCUT2D eigenvalue weighted by Crippen LogP contribution is -2.14. The van der Waals surface area contributed by atoms with Gasteiger partial charge in [0.05, 0.1) is 0 Å². The van der Waals surface area contributed by atoms with Gasteiger partial charge in [0.15, 0.2) is 0 Å². The van der Waals surface area contributed by atoms with Gasteiger partial charge >= 0.3 is 6.16 Å². The predicted molar refractivity (Wildman–Crippen MR) is 90.0 cm³/mol. The third kappa shape index (κ3) is 3.71. The molecule has 0 bridgehead atoms. The van der Waals surface area contributed by atoms with Crippen molar-refractivity contribution in [1.29, 1.82) is 0 Å². The van der Waals surface area contributed by atoms with E-state index in [1.165, 1.54) is 0 Å². The number of para-hydroxylation sites is 2. The van der Waals surface area contributed by atoms with E-state index >= 15 is 0 Å². The van der Waals surface area contributed by atoms with Crippen molar-refractivity contribution < 1.29 is 14.3 Å². The Morgan fingerprint density at radius 1 is 0.696 bits per heavy atom. The van der Waals surface area contributed by atoms with Gasteiger partial charge in [-0.05, 0) is 24.3 Å². The van der Waals surface area contributed by atoms with E-state index in [-0.39, 0.29) is 0 Å². The lowest BCUT2D eigenvalue weighted by Gasteiger charge is -2.11. The highest BCUT2D eigenvalue weighted by Crippen LogP contribution is 2.34. The molecule has 0 aliphatic rings. The highest BCUT2D eigenvalue weighted by Gasteiger charge is 2.13. The summed E-state index contributed by atoms with van der Waals surface area (Å²) in [5, 5.41) is 0.583. The van der Waals surface area contributed by atoms with Gasteiger partial charge in [0.2, 0.25) is 0 Å². The molecule has 3 rings (SSSR count). The second-order valence-electron chi connectivity index (χ2n) is 4.74. The lowest BCUT2D eigenvalue weighted by atomic mass is 10.0. The minimum atomic E-state index is -0.796. The summed E-state index contributed by atoms with van der Waals surface area (Å²) in [4.78, 5) is 12.0. The van der Waals surface area contributed by atoms with Crippen molar-refractivity contribution >= 4 is 17.8 Å². The van der Waals surface area contributed by atoms with Crippen LogP contribution in [0.2, 0.25) is 5.02 Å². The molecule has 0 heterocycles. The molecule has 3 aromatic rings. The van der Waals surface area contributed by atoms with Gasteiger partial charge in [0.25, 0.3) is 0 Å². The molecule has 0 aliphatic carbocycles. The van der Waals surface area contributed by atoms with Crippen LogP contribution in [-0.4, -0.2) is 6.16 Å². The molecule has 0 spiro atoms. The van der Waals surface area contributed by atoms with Gasteiger partial charge in [-0.25, -0.2) is 4.79 Å². The zero-order valence-electron chi connectivity index (χ0n) is 12.1. The summed E-state index contributed by atoms with van der Waals surface area (Å²) in [5.41, 5.74) is 1.51. The predicted octanol–water partition coefficient (Wildman–Crippen LogP) is 5.58. The quantitative estimate of drug-likeness (QED) is 0.465. The fraction of sp³-hybridized carbons (Fsp3) is 0. The number of rotatable bonds is 3. The molecule has 0 aromatic heterocycles. The molecule has 23 heavy (non-hydrogen) atoms. The Bertz CT molecular complexity index is 816. The Kier molecular flexibility index (Phi) is 4.60. The first-order chi connectivity index (χ1) is 11.2. The fourth-order valence-corrected chi connectivity index (χ4v) is 2.39. The normalized spacial score (nSPS) is 10.1. The lowest BCUT2D eigenvalue weighted by molar-refractivity contribution is 0.152. The van der Waals surface area contributed by atoms with E-state index < -0.39 is 6.16 Å². The average molecular weight is 325 g/mol. The molecule has 0 saturated carbocycles. The van der Waals surface area contributed by atoms with E-state index in [0.29, 0.717) is 16.5 Å². The molecule has 0 N–H and O–H groups in total. The van der Waals surface area contributed by atoms with Crippen molar-refractivity contribution in [2.24, 2.45) is 0 Å². The Hall–Kier alpha value is -2.78. The average Bonchev–Trinajstić information content (AvgIpc) is 2.57. The van der Waals surface area contributed by atoms with Crippen molar-refractivity contribution in [3.05, 3.63) is 83.9 Å². The van der Waals surface area contributed by atoms with Gasteiger partial charge in [0.1, 0.15) is 11.5 Å². The van der Waals surface area contributed by atoms with Crippen LogP contribution < -0.4 is 9.47 Å². The summed E-state index contributed by atoms with van der Waals surface area (Å²) in [6, 6.07) is 23.3. The minimum Gasteiger partial charge on any atom is -0.395 e. The van der Waals surface area contributed by atoms with E-state index in [1.54, 1.807) is 42.5 Å². The molecule has 0 atom stereocenters. The van der Waals surface area contributed by atoms with Gasteiger partial charge in [0, 0.05) is 16.1 Å². The van der Waals surface area contributed by atoms with E-state index in [1.807, 2.05) is 36.4 Å². The van der Waals surface area contributed by atoms with Crippen LogP contribution in [0.3, 0.4) is 0 Å². The Morgan fingerprint density at radius 3 is 2.04 bits per heavy atom. The SMILES string of the molecule is O=C(Oc1ccccc1)Oc1ccccc1-c1ccccc1Cl. The topological polar surface area (TPSA) is 35.5 Å². The van der Waals surface area contributed by atoms with E-state index in [2.05, 4.69) is 0 Å². The largest absolute Gasteiger partial charge is 0.519 e. The molecule has 3 aromatic carbocycles. The van der Waals surface area contributed by atoms with Crippen LogP contribution in [-0.2, 0) is 0 Å². The Labute approximate surface area is 139 Å². The van der Waals surface area contributed by atoms with Gasteiger partial charge in [-0.15, -0.1) is 0 Å².